The first-order valence-electron chi connectivity index (χ1n) is 12.3. The molecule has 6 heteroatoms. The number of hydrogen-bond donors (Lipinski definition) is 0. The monoisotopic (exact) mass is 517 g/mol. The maximum Gasteiger partial charge on any atom is 0.254 e. The van der Waals surface area contributed by atoms with E-state index in [1.54, 1.807) is 18.2 Å². The third kappa shape index (κ3) is 5.57. The van der Waals surface area contributed by atoms with Crippen molar-refractivity contribution in [1.82, 2.24) is 14.8 Å². The Morgan fingerprint density at radius 1 is 1.00 bits per heavy atom. The van der Waals surface area contributed by atoms with Gasteiger partial charge in [0.2, 0.25) is 0 Å². The van der Waals surface area contributed by atoms with E-state index in [4.69, 9.17) is 23.2 Å². The van der Waals surface area contributed by atoms with Crippen molar-refractivity contribution in [1.29, 1.82) is 0 Å². The second kappa shape index (κ2) is 11.0. The van der Waals surface area contributed by atoms with Crippen molar-refractivity contribution in [2.24, 2.45) is 0 Å². The quantitative estimate of drug-likeness (QED) is 0.279. The summed E-state index contributed by atoms with van der Waals surface area (Å²) in [5.74, 6) is -0.0124. The number of para-hydroxylation sites is 1. The van der Waals surface area contributed by atoms with Crippen LogP contribution in [0.15, 0.2) is 85.1 Å². The molecule has 4 nitrogen and oxygen atoms in total. The Bertz CT molecular complexity index is 1340. The number of benzene rings is 3. The van der Waals surface area contributed by atoms with Gasteiger partial charge in [-0.25, -0.2) is 0 Å². The van der Waals surface area contributed by atoms with Crippen molar-refractivity contribution in [3.8, 4) is 0 Å². The number of fused-ring (bicyclic) bond motifs is 1. The molecule has 2 heterocycles. The summed E-state index contributed by atoms with van der Waals surface area (Å²) in [6.07, 6.45) is 4.50. The van der Waals surface area contributed by atoms with Gasteiger partial charge >= 0.3 is 0 Å². The van der Waals surface area contributed by atoms with Gasteiger partial charge < -0.3 is 4.90 Å². The fourth-order valence-electron chi connectivity index (χ4n) is 5.31. The van der Waals surface area contributed by atoms with Crippen LogP contribution in [0.25, 0.3) is 10.9 Å². The van der Waals surface area contributed by atoms with Crippen molar-refractivity contribution in [2.75, 3.05) is 13.6 Å². The minimum Gasteiger partial charge on any atom is -0.335 e. The average Bonchev–Trinajstić information content (AvgIpc) is 2.88. The lowest BCUT2D eigenvalue weighted by molar-refractivity contribution is 0.0464. The first-order valence-corrected chi connectivity index (χ1v) is 13.1. The van der Waals surface area contributed by atoms with Crippen LogP contribution >= 0.6 is 23.2 Å². The van der Waals surface area contributed by atoms with E-state index in [0.717, 1.165) is 31.3 Å². The molecule has 1 saturated heterocycles. The fraction of sp³-hybridized carbons (Fsp3) is 0.267. The van der Waals surface area contributed by atoms with Crippen molar-refractivity contribution < 1.29 is 4.79 Å². The molecule has 2 atom stereocenters. The molecule has 0 aliphatic carbocycles. The largest absolute Gasteiger partial charge is 0.335 e. The van der Waals surface area contributed by atoms with Gasteiger partial charge in [-0.1, -0.05) is 71.7 Å². The van der Waals surface area contributed by atoms with Gasteiger partial charge in [-0.05, 0) is 67.8 Å². The Hall–Kier alpha value is -2.92. The van der Waals surface area contributed by atoms with Crippen molar-refractivity contribution in [2.45, 2.75) is 37.9 Å². The highest BCUT2D eigenvalue weighted by Gasteiger charge is 2.34. The lowest BCUT2D eigenvalue weighted by Crippen LogP contribution is -2.52. The molecule has 0 unspecified atom stereocenters. The lowest BCUT2D eigenvalue weighted by Gasteiger charge is -2.43. The minimum absolute atomic E-state index is 0.0124. The Balaban J connectivity index is 1.37. The van der Waals surface area contributed by atoms with Gasteiger partial charge in [-0.2, -0.15) is 0 Å². The SMILES string of the molecule is CN(Cc1ccnc2ccccc12)[C@H]1CCN(C(=O)c2cc(Cl)cc(Cl)c2)[C@H](Cc2ccccc2)C1. The van der Waals surface area contributed by atoms with Crippen molar-refractivity contribution >= 4 is 40.0 Å². The van der Waals surface area contributed by atoms with E-state index in [1.807, 2.05) is 23.2 Å². The van der Waals surface area contributed by atoms with Crippen LogP contribution in [0.2, 0.25) is 10.0 Å². The zero-order valence-corrected chi connectivity index (χ0v) is 21.8. The topological polar surface area (TPSA) is 36.4 Å². The molecule has 5 rings (SSSR count). The van der Waals surface area contributed by atoms with Crippen LogP contribution in [0.3, 0.4) is 0 Å². The number of rotatable bonds is 6. The number of nitrogens with zero attached hydrogens (tertiary/aromatic N) is 3. The molecular weight excluding hydrogens is 489 g/mol. The highest BCUT2D eigenvalue weighted by atomic mass is 35.5. The van der Waals surface area contributed by atoms with E-state index in [0.29, 0.717) is 28.2 Å². The highest BCUT2D eigenvalue weighted by molar-refractivity contribution is 6.35. The molecular formula is C30H29Cl2N3O. The van der Waals surface area contributed by atoms with Crippen LogP contribution in [0.5, 0.6) is 0 Å². The van der Waals surface area contributed by atoms with Crippen LogP contribution in [-0.2, 0) is 13.0 Å². The maximum absolute atomic E-state index is 13.6. The van der Waals surface area contributed by atoms with E-state index in [-0.39, 0.29) is 11.9 Å². The van der Waals surface area contributed by atoms with Crippen LogP contribution in [0, 0.1) is 0 Å². The Kier molecular flexibility index (Phi) is 7.56. The van der Waals surface area contributed by atoms with E-state index in [1.165, 1.54) is 16.5 Å². The summed E-state index contributed by atoms with van der Waals surface area (Å²) < 4.78 is 0. The second-order valence-electron chi connectivity index (χ2n) is 9.58. The average molecular weight is 518 g/mol. The summed E-state index contributed by atoms with van der Waals surface area (Å²) in [7, 11) is 2.19. The number of carbonyl (C=O) groups is 1. The van der Waals surface area contributed by atoms with Crippen LogP contribution < -0.4 is 0 Å². The highest BCUT2D eigenvalue weighted by Crippen LogP contribution is 2.29. The molecule has 184 valence electrons. The standard InChI is InChI=1S/C30H29Cl2N3O/c1-34(20-22-11-13-33-29-10-6-5-9-28(22)29)26-12-14-35(27(19-26)15-21-7-3-2-4-8-21)30(36)23-16-24(31)18-25(32)17-23/h2-11,13,16-18,26-27H,12,14-15,19-20H2,1H3/t26-,27+/m0/s1. The lowest BCUT2D eigenvalue weighted by atomic mass is 9.90. The summed E-state index contributed by atoms with van der Waals surface area (Å²) in [6.45, 7) is 1.52. The Labute approximate surface area is 222 Å². The molecule has 1 fully saturated rings. The molecule has 0 radical (unpaired) electrons. The van der Waals surface area contributed by atoms with E-state index in [9.17, 15) is 4.79 Å². The summed E-state index contributed by atoms with van der Waals surface area (Å²) in [6, 6.07) is 26.3. The number of aromatic nitrogens is 1. The number of piperidine rings is 1. The summed E-state index contributed by atoms with van der Waals surface area (Å²) in [5, 5.41) is 2.15. The van der Waals surface area contributed by atoms with Crippen LogP contribution in [0.4, 0.5) is 0 Å². The third-order valence-corrected chi connectivity index (χ3v) is 7.59. The molecule has 0 N–H and O–H groups in total. The first-order chi connectivity index (χ1) is 17.5. The van der Waals surface area contributed by atoms with Crippen LogP contribution in [-0.4, -0.2) is 46.4 Å². The number of hydrogen-bond acceptors (Lipinski definition) is 3. The smallest absolute Gasteiger partial charge is 0.254 e. The molecule has 1 amide bonds. The van der Waals surface area contributed by atoms with Crippen molar-refractivity contribution in [3.63, 3.8) is 0 Å². The molecule has 1 aromatic heterocycles. The number of amides is 1. The fourth-order valence-corrected chi connectivity index (χ4v) is 5.84. The molecule has 4 aromatic rings. The first kappa shape index (κ1) is 24.8. The van der Waals surface area contributed by atoms with Crippen molar-refractivity contribution in [3.05, 3.63) is 112 Å². The molecule has 1 aliphatic rings. The molecule has 0 spiro atoms. The van der Waals surface area contributed by atoms with Gasteiger partial charge in [0.05, 0.1) is 5.52 Å². The summed E-state index contributed by atoms with van der Waals surface area (Å²) in [4.78, 5) is 22.6. The number of pyridine rings is 1. The molecule has 36 heavy (non-hydrogen) atoms. The molecule has 0 bridgehead atoms. The second-order valence-corrected chi connectivity index (χ2v) is 10.5. The normalized spacial score (nSPS) is 18.1. The zero-order valence-electron chi connectivity index (χ0n) is 20.3. The molecule has 0 saturated carbocycles. The van der Waals surface area contributed by atoms with E-state index in [2.05, 4.69) is 65.5 Å². The Morgan fingerprint density at radius 2 is 1.72 bits per heavy atom. The Morgan fingerprint density at radius 3 is 2.50 bits per heavy atom. The van der Waals surface area contributed by atoms with E-state index >= 15 is 0 Å². The van der Waals surface area contributed by atoms with Gasteiger partial charge in [0.25, 0.3) is 5.91 Å². The third-order valence-electron chi connectivity index (χ3n) is 7.16. The van der Waals surface area contributed by atoms with Gasteiger partial charge in [-0.15, -0.1) is 0 Å². The predicted octanol–water partition coefficient (Wildman–Crippen LogP) is 6.89. The molecule has 3 aromatic carbocycles. The van der Waals surface area contributed by atoms with Gasteiger partial charge in [0.15, 0.2) is 0 Å². The minimum atomic E-state index is -0.0124. The molecule has 1 aliphatic heterocycles. The van der Waals surface area contributed by atoms with Gasteiger partial charge in [0, 0.05) is 52.4 Å². The predicted molar refractivity (Wildman–Crippen MR) is 148 cm³/mol. The zero-order chi connectivity index (χ0) is 25.1. The number of carbonyl (C=O) groups excluding carboxylic acids is 1. The summed E-state index contributed by atoms with van der Waals surface area (Å²) in [5.41, 5.74) is 4.06. The number of likely N-dealkylation sites (tertiary alicyclic amines) is 1. The number of halogens is 2. The summed E-state index contributed by atoms with van der Waals surface area (Å²) >= 11 is 12.4. The van der Waals surface area contributed by atoms with Gasteiger partial charge in [-0.3, -0.25) is 14.7 Å². The van der Waals surface area contributed by atoms with Gasteiger partial charge in [0.1, 0.15) is 0 Å². The van der Waals surface area contributed by atoms with E-state index < -0.39 is 0 Å². The van der Waals surface area contributed by atoms with Crippen LogP contribution in [0.1, 0.15) is 34.3 Å². The maximum atomic E-state index is 13.6.